The average Bonchev–Trinajstić information content (AvgIpc) is 2.76. The zero-order chi connectivity index (χ0) is 13.2. The third-order valence-electron chi connectivity index (χ3n) is 3.08. The normalized spacial score (nSPS) is 13.6. The van der Waals surface area contributed by atoms with Gasteiger partial charge in [-0.05, 0) is 32.0 Å². The Hall–Kier alpha value is -1.62. The first-order valence-corrected chi connectivity index (χ1v) is 7.17. The highest BCUT2D eigenvalue weighted by molar-refractivity contribution is 7.98. The first kappa shape index (κ1) is 12.4. The predicted molar refractivity (Wildman–Crippen MR) is 73.0 cm³/mol. The summed E-state index contributed by atoms with van der Waals surface area (Å²) in [5.41, 5.74) is 2.13. The van der Waals surface area contributed by atoms with Crippen LogP contribution in [0.15, 0.2) is 27.6 Å². The first-order valence-electron chi connectivity index (χ1n) is 6.18. The summed E-state index contributed by atoms with van der Waals surface area (Å²) in [4.78, 5) is 1.16. The predicted octanol–water partition coefficient (Wildman–Crippen LogP) is 3.35. The highest BCUT2D eigenvalue weighted by atomic mass is 32.2. The quantitative estimate of drug-likeness (QED) is 0.805. The molecule has 0 amide bonds. The minimum Gasteiger partial charge on any atom is -0.486 e. The minimum absolute atomic E-state index is 0.616. The van der Waals surface area contributed by atoms with Crippen molar-refractivity contribution in [3.05, 3.63) is 35.2 Å². The Balaban J connectivity index is 1.74. The molecule has 4 nitrogen and oxygen atoms in total. The van der Waals surface area contributed by atoms with E-state index in [1.165, 1.54) is 5.56 Å². The van der Waals surface area contributed by atoms with Crippen molar-refractivity contribution in [2.75, 3.05) is 13.2 Å². The highest BCUT2D eigenvalue weighted by Crippen LogP contribution is 2.35. The second-order valence-electron chi connectivity index (χ2n) is 4.40. The number of thioether (sulfide) groups is 1. The van der Waals surface area contributed by atoms with Crippen LogP contribution in [0.25, 0.3) is 0 Å². The maximum atomic E-state index is 5.58. The van der Waals surface area contributed by atoms with E-state index in [0.717, 1.165) is 33.6 Å². The largest absolute Gasteiger partial charge is 0.486 e. The SMILES string of the molecule is Cc1noc(C)c1CSc1ccc2c(c1)OCCO2. The van der Waals surface area contributed by atoms with E-state index in [9.17, 15) is 0 Å². The lowest BCUT2D eigenvalue weighted by atomic mass is 10.2. The van der Waals surface area contributed by atoms with Gasteiger partial charge >= 0.3 is 0 Å². The Morgan fingerprint density at radius 1 is 1.16 bits per heavy atom. The maximum absolute atomic E-state index is 5.58. The molecule has 2 heterocycles. The van der Waals surface area contributed by atoms with E-state index in [4.69, 9.17) is 14.0 Å². The van der Waals surface area contributed by atoms with Gasteiger partial charge in [0.05, 0.1) is 5.69 Å². The summed E-state index contributed by atoms with van der Waals surface area (Å²) < 4.78 is 16.3. The molecule has 0 bridgehead atoms. The average molecular weight is 277 g/mol. The molecule has 5 heteroatoms. The third kappa shape index (κ3) is 2.56. The Labute approximate surface area is 116 Å². The molecule has 0 unspecified atom stereocenters. The van der Waals surface area contributed by atoms with E-state index in [1.54, 1.807) is 11.8 Å². The standard InChI is InChI=1S/C14H15NO3S/c1-9-12(10(2)18-15-9)8-19-11-3-4-13-14(7-11)17-6-5-16-13/h3-4,7H,5-6,8H2,1-2H3. The number of hydrogen-bond donors (Lipinski definition) is 0. The number of hydrogen-bond acceptors (Lipinski definition) is 5. The van der Waals surface area contributed by atoms with Gasteiger partial charge in [0.15, 0.2) is 11.5 Å². The van der Waals surface area contributed by atoms with Gasteiger partial charge in [-0.3, -0.25) is 0 Å². The Morgan fingerprint density at radius 2 is 1.95 bits per heavy atom. The smallest absolute Gasteiger partial charge is 0.162 e. The van der Waals surface area contributed by atoms with Gasteiger partial charge in [0.1, 0.15) is 19.0 Å². The molecule has 1 aromatic carbocycles. The topological polar surface area (TPSA) is 44.5 Å². The second-order valence-corrected chi connectivity index (χ2v) is 5.45. The van der Waals surface area contributed by atoms with Gasteiger partial charge < -0.3 is 14.0 Å². The highest BCUT2D eigenvalue weighted by Gasteiger charge is 2.13. The van der Waals surface area contributed by atoms with Crippen molar-refractivity contribution in [3.63, 3.8) is 0 Å². The summed E-state index contributed by atoms with van der Waals surface area (Å²) in [6.45, 7) is 5.15. The maximum Gasteiger partial charge on any atom is 0.162 e. The van der Waals surface area contributed by atoms with E-state index in [-0.39, 0.29) is 0 Å². The second kappa shape index (κ2) is 5.17. The number of ether oxygens (including phenoxy) is 2. The molecule has 0 aliphatic carbocycles. The molecular weight excluding hydrogens is 262 g/mol. The minimum atomic E-state index is 0.616. The molecule has 0 saturated carbocycles. The van der Waals surface area contributed by atoms with Crippen molar-refractivity contribution in [1.82, 2.24) is 5.16 Å². The van der Waals surface area contributed by atoms with Gasteiger partial charge in [0.25, 0.3) is 0 Å². The fraction of sp³-hybridized carbons (Fsp3) is 0.357. The number of aromatic nitrogens is 1. The van der Waals surface area contributed by atoms with E-state index < -0.39 is 0 Å². The Bertz CT molecular complexity index is 575. The molecule has 1 aromatic heterocycles. The van der Waals surface area contributed by atoms with E-state index in [1.807, 2.05) is 26.0 Å². The first-order chi connectivity index (χ1) is 9.24. The molecule has 3 rings (SSSR count). The molecular formula is C14H15NO3S. The van der Waals surface area contributed by atoms with Crippen LogP contribution in [0.1, 0.15) is 17.0 Å². The van der Waals surface area contributed by atoms with Gasteiger partial charge in [-0.2, -0.15) is 0 Å². The van der Waals surface area contributed by atoms with Crippen molar-refractivity contribution >= 4 is 11.8 Å². The molecule has 19 heavy (non-hydrogen) atoms. The van der Waals surface area contributed by atoms with Crippen LogP contribution in [0, 0.1) is 13.8 Å². The molecule has 1 aliphatic heterocycles. The molecule has 0 radical (unpaired) electrons. The van der Waals surface area contributed by atoms with Crippen molar-refractivity contribution in [1.29, 1.82) is 0 Å². The van der Waals surface area contributed by atoms with Gasteiger partial charge in [-0.25, -0.2) is 0 Å². The molecule has 0 fully saturated rings. The van der Waals surface area contributed by atoms with Gasteiger partial charge in [0, 0.05) is 16.2 Å². The zero-order valence-electron chi connectivity index (χ0n) is 10.9. The summed E-state index contributed by atoms with van der Waals surface area (Å²) >= 11 is 1.74. The number of aryl methyl sites for hydroxylation is 2. The third-order valence-corrected chi connectivity index (χ3v) is 4.10. The van der Waals surface area contributed by atoms with Gasteiger partial charge in [-0.1, -0.05) is 5.16 Å². The number of benzene rings is 1. The summed E-state index contributed by atoms with van der Waals surface area (Å²) in [5.74, 6) is 3.39. The molecule has 0 N–H and O–H groups in total. The van der Waals surface area contributed by atoms with E-state index >= 15 is 0 Å². The van der Waals surface area contributed by atoms with Gasteiger partial charge in [-0.15, -0.1) is 11.8 Å². The number of nitrogens with zero attached hydrogens (tertiary/aromatic N) is 1. The fourth-order valence-electron chi connectivity index (χ4n) is 1.98. The monoisotopic (exact) mass is 277 g/mol. The summed E-state index contributed by atoms with van der Waals surface area (Å²) in [5, 5.41) is 3.97. The summed E-state index contributed by atoms with van der Waals surface area (Å²) in [6.07, 6.45) is 0. The van der Waals surface area contributed by atoms with Crippen LogP contribution >= 0.6 is 11.8 Å². The number of rotatable bonds is 3. The molecule has 0 spiro atoms. The lowest BCUT2D eigenvalue weighted by Gasteiger charge is -2.18. The molecule has 100 valence electrons. The molecule has 0 atom stereocenters. The van der Waals surface area contributed by atoms with Crippen molar-refractivity contribution in [2.24, 2.45) is 0 Å². The molecule has 0 saturated heterocycles. The van der Waals surface area contributed by atoms with Gasteiger partial charge in [0.2, 0.25) is 0 Å². The van der Waals surface area contributed by atoms with Crippen LogP contribution in [0.2, 0.25) is 0 Å². The Morgan fingerprint density at radius 3 is 2.68 bits per heavy atom. The molecule has 1 aliphatic rings. The van der Waals surface area contributed by atoms with Crippen LogP contribution in [0.5, 0.6) is 11.5 Å². The molecule has 2 aromatic rings. The Kier molecular flexibility index (Phi) is 3.38. The summed E-state index contributed by atoms with van der Waals surface area (Å²) in [7, 11) is 0. The summed E-state index contributed by atoms with van der Waals surface area (Å²) in [6, 6.07) is 6.04. The van der Waals surface area contributed by atoms with E-state index in [2.05, 4.69) is 11.2 Å². The number of fused-ring (bicyclic) bond motifs is 1. The van der Waals surface area contributed by atoms with Crippen molar-refractivity contribution in [3.8, 4) is 11.5 Å². The van der Waals surface area contributed by atoms with Crippen LogP contribution in [-0.4, -0.2) is 18.4 Å². The van der Waals surface area contributed by atoms with E-state index in [0.29, 0.717) is 13.2 Å². The van der Waals surface area contributed by atoms with Crippen LogP contribution in [-0.2, 0) is 5.75 Å². The van der Waals surface area contributed by atoms with Crippen LogP contribution in [0.4, 0.5) is 0 Å². The fourth-order valence-corrected chi connectivity index (χ4v) is 3.05. The lowest BCUT2D eigenvalue weighted by molar-refractivity contribution is 0.171. The van der Waals surface area contributed by atoms with Crippen LogP contribution < -0.4 is 9.47 Å². The van der Waals surface area contributed by atoms with Crippen molar-refractivity contribution in [2.45, 2.75) is 24.5 Å². The lowest BCUT2D eigenvalue weighted by Crippen LogP contribution is -2.15. The van der Waals surface area contributed by atoms with Crippen molar-refractivity contribution < 1.29 is 14.0 Å². The zero-order valence-corrected chi connectivity index (χ0v) is 11.8. The van der Waals surface area contributed by atoms with Crippen LogP contribution in [0.3, 0.4) is 0 Å².